The summed E-state index contributed by atoms with van der Waals surface area (Å²) in [6.45, 7) is 12.2. The Morgan fingerprint density at radius 1 is 0.412 bits per heavy atom. The molecule has 0 radical (unpaired) electrons. The van der Waals surface area contributed by atoms with E-state index in [1.54, 1.807) is 0 Å². The third-order valence-corrected chi connectivity index (χ3v) is 0. The fourth-order valence-corrected chi connectivity index (χ4v) is 0. The summed E-state index contributed by atoms with van der Waals surface area (Å²) < 4.78 is 0. The maximum absolute atomic E-state index is 9.44. The first-order chi connectivity index (χ1) is 6.93. The Kier molecular flexibility index (Phi) is 43.2. The standard InChI is InChI=1S/4C3H6O.Ti/c4*1-3(2)4;/h4*1-2H3;/q;;;;+4. The van der Waals surface area contributed by atoms with Crippen LogP contribution in [0.4, 0.5) is 0 Å². The molecule has 0 bridgehead atoms. The molecule has 0 aliphatic rings. The Morgan fingerprint density at radius 3 is 0.412 bits per heavy atom. The molecule has 17 heavy (non-hydrogen) atoms. The number of hydrogen-bond acceptors (Lipinski definition) is 4. The zero-order valence-electron chi connectivity index (χ0n) is 12.1. The van der Waals surface area contributed by atoms with Crippen molar-refractivity contribution >= 4 is 23.1 Å². The third kappa shape index (κ3) is 7530. The van der Waals surface area contributed by atoms with Gasteiger partial charge in [0.25, 0.3) is 0 Å². The summed E-state index contributed by atoms with van der Waals surface area (Å²) in [6, 6.07) is 0. The summed E-state index contributed by atoms with van der Waals surface area (Å²) in [7, 11) is 0. The van der Waals surface area contributed by atoms with E-state index in [0.29, 0.717) is 0 Å². The van der Waals surface area contributed by atoms with Crippen molar-refractivity contribution in [1.82, 2.24) is 0 Å². The summed E-state index contributed by atoms with van der Waals surface area (Å²) in [4.78, 5) is 37.8. The Balaban J connectivity index is -0.0000000369. The second-order valence-corrected chi connectivity index (χ2v) is 3.63. The SMILES string of the molecule is CC(C)=O.CC(C)=O.CC(C)=O.CC(C)=O.[Ti+4]. The van der Waals surface area contributed by atoms with Crippen LogP contribution in [-0.2, 0) is 40.9 Å². The van der Waals surface area contributed by atoms with Crippen molar-refractivity contribution in [3.63, 3.8) is 0 Å². The molecule has 0 fully saturated rings. The Labute approximate surface area is 119 Å². The minimum absolute atomic E-state index is 0. The van der Waals surface area contributed by atoms with Gasteiger partial charge in [-0.05, 0) is 55.4 Å². The van der Waals surface area contributed by atoms with E-state index in [9.17, 15) is 19.2 Å². The number of ketones is 4. The van der Waals surface area contributed by atoms with Gasteiger partial charge < -0.3 is 19.2 Å². The minimum Gasteiger partial charge on any atom is -0.300 e. The van der Waals surface area contributed by atoms with E-state index in [1.165, 1.54) is 55.4 Å². The first kappa shape index (κ1) is 29.9. The van der Waals surface area contributed by atoms with E-state index in [4.69, 9.17) is 0 Å². The van der Waals surface area contributed by atoms with Crippen LogP contribution in [0.15, 0.2) is 0 Å². The molecule has 96 valence electrons. The van der Waals surface area contributed by atoms with Gasteiger partial charge in [0.05, 0.1) is 0 Å². The molecule has 0 N–H and O–H groups in total. The van der Waals surface area contributed by atoms with E-state index in [2.05, 4.69) is 0 Å². The van der Waals surface area contributed by atoms with Crippen LogP contribution in [0.5, 0.6) is 0 Å². The Bertz CT molecular complexity index is 159. The topological polar surface area (TPSA) is 68.3 Å². The van der Waals surface area contributed by atoms with E-state index < -0.39 is 0 Å². The average molecular weight is 280 g/mol. The van der Waals surface area contributed by atoms with E-state index in [0.717, 1.165) is 0 Å². The fourth-order valence-electron chi connectivity index (χ4n) is 0. The molecule has 0 amide bonds. The van der Waals surface area contributed by atoms with Crippen LogP contribution in [-0.4, -0.2) is 23.1 Å². The molecule has 0 aromatic rings. The van der Waals surface area contributed by atoms with Gasteiger partial charge in [-0.25, -0.2) is 0 Å². The van der Waals surface area contributed by atoms with Crippen LogP contribution in [0.25, 0.3) is 0 Å². The van der Waals surface area contributed by atoms with Crippen molar-refractivity contribution in [1.29, 1.82) is 0 Å². The molecule has 0 aliphatic heterocycles. The molecule has 0 aliphatic carbocycles. The maximum Gasteiger partial charge on any atom is 4.00 e. The van der Waals surface area contributed by atoms with Crippen molar-refractivity contribution in [2.45, 2.75) is 55.4 Å². The third-order valence-electron chi connectivity index (χ3n) is 0. The van der Waals surface area contributed by atoms with Gasteiger partial charge in [-0.3, -0.25) is 0 Å². The molecule has 0 unspecified atom stereocenters. The van der Waals surface area contributed by atoms with Crippen molar-refractivity contribution in [2.75, 3.05) is 0 Å². The first-order valence-electron chi connectivity index (χ1n) is 4.82. The summed E-state index contributed by atoms with van der Waals surface area (Å²) >= 11 is 0. The summed E-state index contributed by atoms with van der Waals surface area (Å²) in [5.41, 5.74) is 0. The quantitative estimate of drug-likeness (QED) is 0.639. The number of hydrogen-bond donors (Lipinski definition) is 0. The van der Waals surface area contributed by atoms with E-state index >= 15 is 0 Å². The summed E-state index contributed by atoms with van der Waals surface area (Å²) in [5.74, 6) is 0.667. The predicted molar refractivity (Wildman–Crippen MR) is 65.4 cm³/mol. The van der Waals surface area contributed by atoms with Gasteiger partial charge in [0, 0.05) is 0 Å². The molecule has 0 heterocycles. The summed E-state index contributed by atoms with van der Waals surface area (Å²) in [6.07, 6.45) is 0. The number of rotatable bonds is 0. The van der Waals surface area contributed by atoms with Crippen LogP contribution in [0.2, 0.25) is 0 Å². The molecular formula is C12H24O4Ti+4. The molecule has 0 spiro atoms. The van der Waals surface area contributed by atoms with Crippen molar-refractivity contribution in [3.8, 4) is 0 Å². The van der Waals surface area contributed by atoms with Gasteiger partial charge in [0.15, 0.2) is 0 Å². The zero-order chi connectivity index (χ0) is 14.3. The van der Waals surface area contributed by atoms with Gasteiger partial charge in [0.2, 0.25) is 0 Å². The average Bonchev–Trinajstić information content (AvgIpc) is 1.76. The van der Waals surface area contributed by atoms with Crippen molar-refractivity contribution in [3.05, 3.63) is 0 Å². The number of Topliss-reactive ketones (excluding diaryl/α,β-unsaturated/α-hetero) is 4. The second-order valence-electron chi connectivity index (χ2n) is 3.63. The largest absolute Gasteiger partial charge is 4.00 e. The van der Waals surface area contributed by atoms with Gasteiger partial charge in [-0.1, -0.05) is 0 Å². The van der Waals surface area contributed by atoms with E-state index in [-0.39, 0.29) is 44.9 Å². The van der Waals surface area contributed by atoms with Crippen LogP contribution in [0.3, 0.4) is 0 Å². The normalized spacial score (nSPS) is 6.12. The van der Waals surface area contributed by atoms with Crippen LogP contribution >= 0.6 is 0 Å². The van der Waals surface area contributed by atoms with Gasteiger partial charge in [-0.15, -0.1) is 0 Å². The Hall–Kier alpha value is -0.606. The van der Waals surface area contributed by atoms with Crippen LogP contribution < -0.4 is 0 Å². The molecule has 0 atom stereocenters. The zero-order valence-corrected chi connectivity index (χ0v) is 13.7. The van der Waals surface area contributed by atoms with Crippen LogP contribution in [0.1, 0.15) is 55.4 Å². The smallest absolute Gasteiger partial charge is 0.300 e. The molecule has 5 heteroatoms. The number of carbonyl (C=O) groups excluding carboxylic acids is 4. The molecule has 0 aromatic carbocycles. The molecule has 4 nitrogen and oxygen atoms in total. The summed E-state index contributed by atoms with van der Waals surface area (Å²) in [5, 5.41) is 0. The first-order valence-corrected chi connectivity index (χ1v) is 4.82. The van der Waals surface area contributed by atoms with Gasteiger partial charge in [-0.2, -0.15) is 0 Å². The Morgan fingerprint density at radius 2 is 0.412 bits per heavy atom. The van der Waals surface area contributed by atoms with E-state index in [1.807, 2.05) is 0 Å². The van der Waals surface area contributed by atoms with Gasteiger partial charge >= 0.3 is 21.7 Å². The van der Waals surface area contributed by atoms with Crippen molar-refractivity contribution < 1.29 is 40.9 Å². The maximum atomic E-state index is 9.44. The molecular weight excluding hydrogens is 256 g/mol. The van der Waals surface area contributed by atoms with Gasteiger partial charge in [0.1, 0.15) is 23.1 Å². The fraction of sp³-hybridized carbons (Fsp3) is 0.667. The predicted octanol–water partition coefficient (Wildman–Crippen LogP) is 2.38. The molecule has 0 rings (SSSR count). The van der Waals surface area contributed by atoms with Crippen molar-refractivity contribution in [2.24, 2.45) is 0 Å². The number of carbonyl (C=O) groups is 4. The minimum atomic E-state index is 0. The van der Waals surface area contributed by atoms with Crippen LogP contribution in [0, 0.1) is 0 Å². The molecule has 0 saturated heterocycles. The second kappa shape index (κ2) is 24.6. The monoisotopic (exact) mass is 280 g/mol. The molecule has 0 aromatic heterocycles. The molecule has 0 saturated carbocycles.